The Morgan fingerprint density at radius 2 is 1.71 bits per heavy atom. The number of rotatable bonds is 2. The molecule has 0 spiro atoms. The molecule has 1 fully saturated rings. The van der Waals surface area contributed by atoms with Gasteiger partial charge in [-0.3, -0.25) is 0 Å². The third kappa shape index (κ3) is 5.54. The number of hydrogen-bond acceptors (Lipinski definition) is 0. The van der Waals surface area contributed by atoms with Crippen LogP contribution in [0.2, 0.25) is 0 Å². The molecule has 1 saturated carbocycles. The van der Waals surface area contributed by atoms with Crippen molar-refractivity contribution < 1.29 is 51.0 Å². The van der Waals surface area contributed by atoms with E-state index in [9.17, 15) is 0 Å². The van der Waals surface area contributed by atoms with E-state index in [1.807, 2.05) is 0 Å². The zero-order valence-corrected chi connectivity index (χ0v) is 14.6. The van der Waals surface area contributed by atoms with Crippen LogP contribution >= 0.6 is 0 Å². The summed E-state index contributed by atoms with van der Waals surface area (Å²) in [6.07, 6.45) is 7.16. The molecule has 1 aliphatic carbocycles. The Morgan fingerprint density at radius 1 is 1.12 bits per heavy atom. The van der Waals surface area contributed by atoms with E-state index in [2.05, 4.69) is 32.0 Å². The van der Waals surface area contributed by atoms with Crippen LogP contribution in [0.3, 0.4) is 0 Å². The van der Waals surface area contributed by atoms with E-state index in [1.54, 1.807) is 5.56 Å². The van der Waals surface area contributed by atoms with Gasteiger partial charge in [-0.05, 0) is 5.92 Å². The second-order valence-corrected chi connectivity index (χ2v) is 4.97. The molecule has 0 aliphatic heterocycles. The molecular weight excluding hydrogens is 330 g/mol. The van der Waals surface area contributed by atoms with Crippen molar-refractivity contribution in [2.45, 2.75) is 57.8 Å². The van der Waals surface area contributed by atoms with Crippen LogP contribution < -0.4 is 24.8 Å². The second-order valence-electron chi connectivity index (χ2n) is 4.97. The van der Waals surface area contributed by atoms with Crippen LogP contribution in [0, 0.1) is 0 Å². The second kappa shape index (κ2) is 9.71. The van der Waals surface area contributed by atoms with Crippen LogP contribution in [0.15, 0.2) is 18.2 Å². The summed E-state index contributed by atoms with van der Waals surface area (Å²) >= 11 is 0. The van der Waals surface area contributed by atoms with Gasteiger partial charge in [-0.15, -0.1) is 0 Å². The van der Waals surface area contributed by atoms with E-state index in [-0.39, 0.29) is 51.0 Å². The average molecular weight is 351 g/mol. The molecule has 0 amide bonds. The van der Waals surface area contributed by atoms with E-state index in [0.29, 0.717) is 5.92 Å². The van der Waals surface area contributed by atoms with Crippen LogP contribution in [0.1, 0.15) is 68.9 Å². The van der Waals surface area contributed by atoms with Crippen molar-refractivity contribution in [2.24, 2.45) is 0 Å². The molecule has 0 aromatic heterocycles. The Kier molecular flexibility index (Phi) is 11.5. The predicted octanol–water partition coefficient (Wildman–Crippen LogP) is -1.42. The van der Waals surface area contributed by atoms with Gasteiger partial charge in [0.1, 0.15) is 0 Å². The van der Waals surface area contributed by atoms with Gasteiger partial charge in [0, 0.05) is 0 Å². The summed E-state index contributed by atoms with van der Waals surface area (Å²) in [5, 5.41) is 0. The first-order valence-corrected chi connectivity index (χ1v) is 6.04. The Morgan fingerprint density at radius 3 is 2.18 bits per heavy atom. The summed E-state index contributed by atoms with van der Waals surface area (Å²) in [7, 11) is 0. The summed E-state index contributed by atoms with van der Waals surface area (Å²) < 4.78 is 0. The summed E-state index contributed by atoms with van der Waals surface area (Å²) in [5.74, 6) is 1.56. The first-order chi connectivity index (χ1) is 6.77. The molecule has 0 nitrogen and oxygen atoms in total. The molecule has 0 atom stereocenters. The Bertz CT molecular complexity index is 288. The van der Waals surface area contributed by atoms with Crippen molar-refractivity contribution in [3.05, 3.63) is 29.3 Å². The van der Waals surface area contributed by atoms with Crippen molar-refractivity contribution in [1.82, 2.24) is 0 Å². The van der Waals surface area contributed by atoms with Crippen molar-refractivity contribution in [3.8, 4) is 0 Å². The molecule has 0 N–H and O–H groups in total. The summed E-state index contributed by atoms with van der Waals surface area (Å²) in [4.78, 5) is 0. The van der Waals surface area contributed by atoms with Gasteiger partial charge >= 0.3 is 26.2 Å². The van der Waals surface area contributed by atoms with Crippen LogP contribution in [-0.4, -0.2) is 0 Å². The molecule has 95 valence electrons. The standard InChI is InChI=1S/C14H21.2ClH.Zr/c1-11(2)13-8-9-14(10-13)12-6-4-3-5-7-12;;;/h8-12H,3-7H2,1-2H3;2*1H;/q-1;;;+3/p-2. The van der Waals surface area contributed by atoms with Crippen molar-refractivity contribution in [2.75, 3.05) is 0 Å². The van der Waals surface area contributed by atoms with Crippen molar-refractivity contribution in [3.63, 3.8) is 0 Å². The van der Waals surface area contributed by atoms with Crippen LogP contribution in [0.25, 0.3) is 0 Å². The maximum absolute atomic E-state index is 2.43. The van der Waals surface area contributed by atoms with Crippen LogP contribution in [-0.2, 0) is 26.2 Å². The van der Waals surface area contributed by atoms with E-state index in [1.165, 1.54) is 37.7 Å². The fraction of sp³-hybridized carbons (Fsp3) is 0.643. The normalized spacial score (nSPS) is 15.7. The van der Waals surface area contributed by atoms with Crippen LogP contribution in [0.5, 0.6) is 0 Å². The van der Waals surface area contributed by atoms with Gasteiger partial charge in [0.2, 0.25) is 0 Å². The molecule has 1 radical (unpaired) electrons. The molecule has 1 aromatic rings. The maximum atomic E-state index is 2.43. The van der Waals surface area contributed by atoms with Gasteiger partial charge < -0.3 is 24.8 Å². The zero-order valence-electron chi connectivity index (χ0n) is 10.7. The molecule has 3 heteroatoms. The Labute approximate surface area is 137 Å². The van der Waals surface area contributed by atoms with Gasteiger partial charge in [0.25, 0.3) is 0 Å². The fourth-order valence-corrected chi connectivity index (χ4v) is 2.53. The Hall–Kier alpha value is 0.813. The first kappa shape index (κ1) is 20.1. The summed E-state index contributed by atoms with van der Waals surface area (Å²) in [5.41, 5.74) is 3.12. The molecule has 1 aliphatic rings. The fourth-order valence-electron chi connectivity index (χ4n) is 2.53. The van der Waals surface area contributed by atoms with E-state index >= 15 is 0 Å². The van der Waals surface area contributed by atoms with E-state index < -0.39 is 0 Å². The van der Waals surface area contributed by atoms with Gasteiger partial charge in [0.05, 0.1) is 0 Å². The van der Waals surface area contributed by atoms with Gasteiger partial charge in [-0.1, -0.05) is 51.9 Å². The molecule has 17 heavy (non-hydrogen) atoms. The number of halogens is 2. The average Bonchev–Trinajstić information content (AvgIpc) is 2.68. The molecule has 0 heterocycles. The monoisotopic (exact) mass is 349 g/mol. The van der Waals surface area contributed by atoms with Crippen LogP contribution in [0.4, 0.5) is 0 Å². The summed E-state index contributed by atoms with van der Waals surface area (Å²) in [6, 6.07) is 7.10. The molecular formula is C14H21Cl2Zr. The van der Waals surface area contributed by atoms with Crippen molar-refractivity contribution in [1.29, 1.82) is 0 Å². The molecule has 0 bridgehead atoms. The Balaban J connectivity index is 0. The molecule has 1 aromatic carbocycles. The van der Waals surface area contributed by atoms with Gasteiger partial charge in [-0.25, -0.2) is 6.07 Å². The number of hydrogen-bond donors (Lipinski definition) is 0. The van der Waals surface area contributed by atoms with Gasteiger partial charge in [-0.2, -0.15) is 23.3 Å². The molecule has 0 unspecified atom stereocenters. The minimum absolute atomic E-state index is 0. The van der Waals surface area contributed by atoms with E-state index in [0.717, 1.165) is 5.92 Å². The quantitative estimate of drug-likeness (QED) is 0.574. The zero-order chi connectivity index (χ0) is 9.97. The van der Waals surface area contributed by atoms with E-state index in [4.69, 9.17) is 0 Å². The minimum Gasteiger partial charge on any atom is -1.00 e. The third-order valence-electron chi connectivity index (χ3n) is 3.54. The predicted molar refractivity (Wildman–Crippen MR) is 62.0 cm³/mol. The maximum Gasteiger partial charge on any atom is 3.00 e. The minimum atomic E-state index is 0. The topological polar surface area (TPSA) is 0 Å². The summed E-state index contributed by atoms with van der Waals surface area (Å²) in [6.45, 7) is 4.56. The molecule has 0 saturated heterocycles. The smallest absolute Gasteiger partial charge is 1.00 e. The first-order valence-electron chi connectivity index (χ1n) is 6.04. The van der Waals surface area contributed by atoms with Crippen molar-refractivity contribution >= 4 is 0 Å². The SMILES string of the molecule is CC(C)c1cc(C2CCCCC2)c[cH-]1.[Cl-].[Cl-].[Zr+3]. The third-order valence-corrected chi connectivity index (χ3v) is 3.54. The largest absolute Gasteiger partial charge is 3.00 e. The van der Waals surface area contributed by atoms with Gasteiger partial charge in [0.15, 0.2) is 0 Å². The molecule has 2 rings (SSSR count).